The SMILES string of the molecule is CN(C)[C@H]1C[C@@H]2C[C@@H]2C[C@@H]1NC(C)(C)C. The van der Waals surface area contributed by atoms with E-state index in [2.05, 4.69) is 45.1 Å². The molecule has 2 nitrogen and oxygen atoms in total. The van der Waals surface area contributed by atoms with Crippen LogP contribution in [0.25, 0.3) is 0 Å². The molecule has 4 atom stereocenters. The fraction of sp³-hybridized carbons (Fsp3) is 1.00. The molecule has 0 aromatic carbocycles. The molecule has 0 amide bonds. The van der Waals surface area contributed by atoms with Gasteiger partial charge in [0, 0.05) is 17.6 Å². The largest absolute Gasteiger partial charge is 0.308 e. The maximum absolute atomic E-state index is 3.80. The third-order valence-electron chi connectivity index (χ3n) is 3.92. The highest BCUT2D eigenvalue weighted by molar-refractivity contribution is 5.02. The van der Waals surface area contributed by atoms with Gasteiger partial charge in [-0.2, -0.15) is 0 Å². The first-order valence-corrected chi connectivity index (χ1v) is 6.31. The summed E-state index contributed by atoms with van der Waals surface area (Å²) < 4.78 is 0. The molecule has 0 heterocycles. The molecule has 2 aliphatic carbocycles. The number of hydrogen-bond acceptors (Lipinski definition) is 2. The van der Waals surface area contributed by atoms with E-state index in [1.54, 1.807) is 0 Å². The summed E-state index contributed by atoms with van der Waals surface area (Å²) >= 11 is 0. The summed E-state index contributed by atoms with van der Waals surface area (Å²) in [7, 11) is 4.45. The van der Waals surface area contributed by atoms with E-state index in [1.165, 1.54) is 19.3 Å². The Balaban J connectivity index is 1.99. The number of nitrogens with one attached hydrogen (secondary N) is 1. The molecule has 0 radical (unpaired) electrons. The lowest BCUT2D eigenvalue weighted by molar-refractivity contribution is 0.150. The van der Waals surface area contributed by atoms with Crippen LogP contribution in [0.15, 0.2) is 0 Å². The molecule has 0 saturated heterocycles. The summed E-state index contributed by atoms with van der Waals surface area (Å²) in [6, 6.07) is 1.44. The average molecular weight is 210 g/mol. The minimum Gasteiger partial charge on any atom is -0.308 e. The van der Waals surface area contributed by atoms with Crippen LogP contribution >= 0.6 is 0 Å². The summed E-state index contributed by atoms with van der Waals surface area (Å²) in [6.45, 7) is 6.83. The van der Waals surface area contributed by atoms with E-state index in [4.69, 9.17) is 0 Å². The Morgan fingerprint density at radius 1 is 1.00 bits per heavy atom. The van der Waals surface area contributed by atoms with Gasteiger partial charge in [0.25, 0.3) is 0 Å². The molecule has 2 saturated carbocycles. The number of fused-ring (bicyclic) bond motifs is 1. The maximum atomic E-state index is 3.80. The quantitative estimate of drug-likeness (QED) is 0.751. The van der Waals surface area contributed by atoms with Crippen LogP contribution in [0.5, 0.6) is 0 Å². The van der Waals surface area contributed by atoms with Gasteiger partial charge in [0.1, 0.15) is 0 Å². The molecule has 15 heavy (non-hydrogen) atoms. The lowest BCUT2D eigenvalue weighted by Crippen LogP contribution is -2.55. The standard InChI is InChI=1S/C13H26N2/c1-13(2,3)14-11-7-9-6-10(9)8-12(11)15(4)5/h9-12,14H,6-8H2,1-5H3/t9-,10+,11+,12+/m1/s1. The van der Waals surface area contributed by atoms with E-state index < -0.39 is 0 Å². The highest BCUT2D eigenvalue weighted by Crippen LogP contribution is 2.50. The fourth-order valence-electron chi connectivity index (χ4n) is 3.13. The third-order valence-corrected chi connectivity index (χ3v) is 3.92. The Bertz CT molecular complexity index is 229. The first kappa shape index (κ1) is 11.4. The van der Waals surface area contributed by atoms with Crippen molar-refractivity contribution in [3.05, 3.63) is 0 Å². The van der Waals surface area contributed by atoms with Crippen LogP contribution in [0.4, 0.5) is 0 Å². The van der Waals surface area contributed by atoms with Crippen molar-refractivity contribution >= 4 is 0 Å². The second kappa shape index (κ2) is 3.74. The highest BCUT2D eigenvalue weighted by atomic mass is 15.2. The molecule has 2 fully saturated rings. The van der Waals surface area contributed by atoms with Crippen molar-refractivity contribution in [2.24, 2.45) is 11.8 Å². The lowest BCUT2D eigenvalue weighted by atomic mass is 9.88. The van der Waals surface area contributed by atoms with Crippen molar-refractivity contribution in [1.29, 1.82) is 0 Å². The molecule has 2 aliphatic rings. The van der Waals surface area contributed by atoms with Crippen LogP contribution in [-0.4, -0.2) is 36.6 Å². The summed E-state index contributed by atoms with van der Waals surface area (Å²) in [5, 5.41) is 3.80. The molecule has 2 heteroatoms. The van der Waals surface area contributed by atoms with Gasteiger partial charge in [-0.25, -0.2) is 0 Å². The summed E-state index contributed by atoms with van der Waals surface area (Å²) in [5.41, 5.74) is 0.251. The Kier molecular flexibility index (Phi) is 2.85. The van der Waals surface area contributed by atoms with E-state index >= 15 is 0 Å². The second-order valence-electron chi connectivity index (χ2n) is 6.76. The fourth-order valence-corrected chi connectivity index (χ4v) is 3.13. The van der Waals surface area contributed by atoms with E-state index in [0.29, 0.717) is 6.04 Å². The molecule has 1 N–H and O–H groups in total. The van der Waals surface area contributed by atoms with Gasteiger partial charge in [-0.1, -0.05) is 0 Å². The first-order chi connectivity index (χ1) is 6.87. The minimum atomic E-state index is 0.251. The number of likely N-dealkylation sites (N-methyl/N-ethyl adjacent to an activating group) is 1. The smallest absolute Gasteiger partial charge is 0.0246 e. The maximum Gasteiger partial charge on any atom is 0.0246 e. The summed E-state index contributed by atoms with van der Waals surface area (Å²) in [6.07, 6.45) is 4.29. The normalized spacial score (nSPS) is 40.4. The minimum absolute atomic E-state index is 0.251. The van der Waals surface area contributed by atoms with Crippen LogP contribution in [0, 0.1) is 11.8 Å². The Labute approximate surface area is 94.4 Å². The summed E-state index contributed by atoms with van der Waals surface area (Å²) in [5.74, 6) is 2.09. The zero-order valence-electron chi connectivity index (χ0n) is 10.9. The van der Waals surface area contributed by atoms with Crippen LogP contribution in [-0.2, 0) is 0 Å². The van der Waals surface area contributed by atoms with Crippen LogP contribution in [0.1, 0.15) is 40.0 Å². The van der Waals surface area contributed by atoms with Gasteiger partial charge in [0.15, 0.2) is 0 Å². The Morgan fingerprint density at radius 2 is 1.60 bits per heavy atom. The molecule has 88 valence electrons. The highest BCUT2D eigenvalue weighted by Gasteiger charge is 2.47. The average Bonchev–Trinajstić information content (AvgIpc) is 2.76. The molecular weight excluding hydrogens is 184 g/mol. The molecule has 0 unspecified atom stereocenters. The van der Waals surface area contributed by atoms with Crippen LogP contribution in [0.2, 0.25) is 0 Å². The Hall–Kier alpha value is -0.0800. The number of rotatable bonds is 2. The van der Waals surface area contributed by atoms with E-state index in [1.807, 2.05) is 0 Å². The van der Waals surface area contributed by atoms with Crippen molar-refractivity contribution in [2.75, 3.05) is 14.1 Å². The zero-order valence-corrected chi connectivity index (χ0v) is 10.9. The van der Waals surface area contributed by atoms with Crippen molar-refractivity contribution in [3.8, 4) is 0 Å². The van der Waals surface area contributed by atoms with E-state index in [9.17, 15) is 0 Å². The van der Waals surface area contributed by atoms with E-state index in [-0.39, 0.29) is 5.54 Å². The topological polar surface area (TPSA) is 15.3 Å². The predicted molar refractivity (Wildman–Crippen MR) is 65.0 cm³/mol. The lowest BCUT2D eigenvalue weighted by Gasteiger charge is -2.40. The van der Waals surface area contributed by atoms with Crippen LogP contribution < -0.4 is 5.32 Å². The van der Waals surface area contributed by atoms with Gasteiger partial charge in [-0.05, 0) is 66.0 Å². The van der Waals surface area contributed by atoms with Gasteiger partial charge >= 0.3 is 0 Å². The molecule has 0 aromatic heterocycles. The predicted octanol–water partition coefficient (Wildman–Crippen LogP) is 2.10. The molecule has 0 spiro atoms. The first-order valence-electron chi connectivity index (χ1n) is 6.31. The van der Waals surface area contributed by atoms with Gasteiger partial charge in [0.05, 0.1) is 0 Å². The van der Waals surface area contributed by atoms with Gasteiger partial charge in [-0.15, -0.1) is 0 Å². The second-order valence-corrected chi connectivity index (χ2v) is 6.76. The van der Waals surface area contributed by atoms with Gasteiger partial charge in [-0.3, -0.25) is 0 Å². The number of nitrogens with zero attached hydrogens (tertiary/aromatic N) is 1. The molecular formula is C13H26N2. The van der Waals surface area contributed by atoms with Crippen molar-refractivity contribution in [3.63, 3.8) is 0 Å². The van der Waals surface area contributed by atoms with E-state index in [0.717, 1.165) is 17.9 Å². The van der Waals surface area contributed by atoms with Crippen LogP contribution in [0.3, 0.4) is 0 Å². The number of hydrogen-bond donors (Lipinski definition) is 1. The van der Waals surface area contributed by atoms with Crippen molar-refractivity contribution < 1.29 is 0 Å². The van der Waals surface area contributed by atoms with Gasteiger partial charge < -0.3 is 10.2 Å². The Morgan fingerprint density at radius 3 is 2.13 bits per heavy atom. The molecule has 0 aromatic rings. The monoisotopic (exact) mass is 210 g/mol. The molecule has 0 aliphatic heterocycles. The summed E-state index contributed by atoms with van der Waals surface area (Å²) in [4.78, 5) is 2.41. The third kappa shape index (κ3) is 2.73. The zero-order chi connectivity index (χ0) is 11.2. The van der Waals surface area contributed by atoms with Gasteiger partial charge in [0.2, 0.25) is 0 Å². The van der Waals surface area contributed by atoms with Crippen molar-refractivity contribution in [1.82, 2.24) is 10.2 Å². The van der Waals surface area contributed by atoms with Crippen molar-refractivity contribution in [2.45, 2.75) is 57.7 Å². The molecule has 2 rings (SSSR count). The molecule has 0 bridgehead atoms.